The lowest BCUT2D eigenvalue weighted by Crippen LogP contribution is -2.44. The number of nitrogens with zero attached hydrogens (tertiary/aromatic N) is 3. The van der Waals surface area contributed by atoms with Crippen molar-refractivity contribution in [2.24, 2.45) is 10.5 Å². The number of carbonyl (C=O) groups excluding carboxylic acids is 1. The van der Waals surface area contributed by atoms with E-state index < -0.39 is 6.36 Å². The number of allylic oxidation sites excluding steroid dienone is 1. The van der Waals surface area contributed by atoms with Gasteiger partial charge < -0.3 is 9.64 Å². The van der Waals surface area contributed by atoms with Crippen LogP contribution in [0.25, 0.3) is 5.57 Å². The molecule has 0 saturated heterocycles. The summed E-state index contributed by atoms with van der Waals surface area (Å²) >= 11 is 0. The molecule has 0 spiro atoms. The number of benzene rings is 2. The minimum atomic E-state index is -4.74. The molecule has 1 heterocycles. The first-order valence-electron chi connectivity index (χ1n) is 11.6. The van der Waals surface area contributed by atoms with E-state index in [2.05, 4.69) is 30.6 Å². The molecule has 8 heteroatoms. The van der Waals surface area contributed by atoms with Crippen molar-refractivity contribution < 1.29 is 22.7 Å². The molecule has 3 rings (SSSR count). The number of hydrazone groups is 1. The predicted molar refractivity (Wildman–Crippen MR) is 132 cm³/mol. The first-order valence-corrected chi connectivity index (χ1v) is 11.6. The number of carbonyl (C=O) groups is 1. The number of alkyl halides is 3. The van der Waals surface area contributed by atoms with Crippen LogP contribution in [0.1, 0.15) is 51.7 Å². The molecule has 1 aliphatic rings. The first-order chi connectivity index (χ1) is 16.4. The lowest BCUT2D eigenvalue weighted by Gasteiger charge is -2.32. The number of amides is 2. The quantitative estimate of drug-likeness (QED) is 0.436. The van der Waals surface area contributed by atoms with Gasteiger partial charge in [-0.3, -0.25) is 0 Å². The summed E-state index contributed by atoms with van der Waals surface area (Å²) in [6.07, 6.45) is -1.08. The number of rotatable bonds is 6. The van der Waals surface area contributed by atoms with E-state index in [1.165, 1.54) is 17.1 Å². The summed E-state index contributed by atoms with van der Waals surface area (Å²) in [4.78, 5) is 15.4. The van der Waals surface area contributed by atoms with Gasteiger partial charge in [-0.25, -0.2) is 4.79 Å². The van der Waals surface area contributed by atoms with E-state index in [0.717, 1.165) is 23.3 Å². The van der Waals surface area contributed by atoms with Gasteiger partial charge in [0.05, 0.1) is 0 Å². The Morgan fingerprint density at radius 2 is 1.69 bits per heavy atom. The standard InChI is InChI=1S/C27H32F3N3O2/c1-20-10-11-23(22-12-14-24(15-13-22)35-27(28,29)30)18-33(31-20)25(34)32(19-26(2,3)4)17-16-21-8-6-5-7-9-21/h5-9,12-15,18H,10-11,16-17,19H2,1-4H3. The summed E-state index contributed by atoms with van der Waals surface area (Å²) in [5.41, 5.74) is 3.37. The molecule has 0 aromatic heterocycles. The van der Waals surface area contributed by atoms with Crippen LogP contribution in [0.4, 0.5) is 18.0 Å². The third-order valence-electron chi connectivity index (χ3n) is 5.42. The average molecular weight is 488 g/mol. The molecule has 1 aliphatic heterocycles. The van der Waals surface area contributed by atoms with Crippen LogP contribution in [0, 0.1) is 5.41 Å². The Bertz CT molecular complexity index is 1060. The molecular formula is C27H32F3N3O2. The maximum atomic E-state index is 13.6. The second-order valence-corrected chi connectivity index (χ2v) is 9.91. The Morgan fingerprint density at radius 3 is 2.29 bits per heavy atom. The number of hydrogen-bond donors (Lipinski definition) is 0. The van der Waals surface area contributed by atoms with Gasteiger partial charge in [-0.1, -0.05) is 63.2 Å². The van der Waals surface area contributed by atoms with Crippen LogP contribution >= 0.6 is 0 Å². The lowest BCUT2D eigenvalue weighted by atomic mass is 9.96. The monoisotopic (exact) mass is 487 g/mol. The van der Waals surface area contributed by atoms with E-state index in [-0.39, 0.29) is 17.2 Å². The molecular weight excluding hydrogens is 455 g/mol. The van der Waals surface area contributed by atoms with Crippen molar-refractivity contribution in [3.05, 3.63) is 71.9 Å². The molecule has 5 nitrogen and oxygen atoms in total. The van der Waals surface area contributed by atoms with Crippen molar-refractivity contribution in [3.63, 3.8) is 0 Å². The van der Waals surface area contributed by atoms with Crippen molar-refractivity contribution >= 4 is 17.3 Å². The van der Waals surface area contributed by atoms with Gasteiger partial charge in [0.25, 0.3) is 0 Å². The number of hydrogen-bond acceptors (Lipinski definition) is 3. The van der Waals surface area contributed by atoms with E-state index in [1.54, 1.807) is 18.3 Å². The average Bonchev–Trinajstić information content (AvgIpc) is 2.97. The highest BCUT2D eigenvalue weighted by Crippen LogP contribution is 2.29. The Balaban J connectivity index is 1.83. The SMILES string of the molecule is CC1=NN(C(=O)N(CCc2ccccc2)CC(C)(C)C)C=C(c2ccc(OC(F)(F)F)cc2)CC1. The fraction of sp³-hybridized carbons (Fsp3) is 0.407. The van der Waals surface area contributed by atoms with Crippen LogP contribution < -0.4 is 4.74 Å². The number of halogens is 3. The number of ether oxygens (including phenoxy) is 1. The topological polar surface area (TPSA) is 45.1 Å². The molecule has 35 heavy (non-hydrogen) atoms. The zero-order valence-electron chi connectivity index (χ0n) is 20.6. The molecule has 2 aromatic carbocycles. The maximum Gasteiger partial charge on any atom is 0.573 e. The Kier molecular flexibility index (Phi) is 8.25. The summed E-state index contributed by atoms with van der Waals surface area (Å²) in [5, 5.41) is 5.90. The van der Waals surface area contributed by atoms with Crippen LogP contribution in [0.5, 0.6) is 5.75 Å². The Hall–Kier alpha value is -3.29. The fourth-order valence-electron chi connectivity index (χ4n) is 3.85. The third kappa shape index (κ3) is 8.46. The first kappa shape index (κ1) is 26.3. The van der Waals surface area contributed by atoms with Gasteiger partial charge in [-0.05, 0) is 60.4 Å². The zero-order valence-corrected chi connectivity index (χ0v) is 20.6. The summed E-state index contributed by atoms with van der Waals surface area (Å²) in [5.74, 6) is -0.284. The van der Waals surface area contributed by atoms with Gasteiger partial charge in [0, 0.05) is 25.0 Å². The minimum absolute atomic E-state index is 0.113. The molecule has 0 radical (unpaired) electrons. The third-order valence-corrected chi connectivity index (χ3v) is 5.42. The molecule has 0 saturated carbocycles. The highest BCUT2D eigenvalue weighted by molar-refractivity contribution is 5.88. The van der Waals surface area contributed by atoms with Crippen molar-refractivity contribution in [2.45, 2.75) is 53.3 Å². The summed E-state index contributed by atoms with van der Waals surface area (Å²) in [6, 6.07) is 15.5. The molecule has 188 valence electrons. The normalized spacial score (nSPS) is 14.7. The van der Waals surface area contributed by atoms with Crippen LogP contribution in [0.2, 0.25) is 0 Å². The van der Waals surface area contributed by atoms with Gasteiger partial charge in [0.2, 0.25) is 0 Å². The van der Waals surface area contributed by atoms with Crippen molar-refractivity contribution in [2.75, 3.05) is 13.1 Å². The van der Waals surface area contributed by atoms with Gasteiger partial charge in [0.15, 0.2) is 0 Å². The summed E-state index contributed by atoms with van der Waals surface area (Å²) in [6.45, 7) is 9.21. The summed E-state index contributed by atoms with van der Waals surface area (Å²) in [7, 11) is 0. The van der Waals surface area contributed by atoms with E-state index >= 15 is 0 Å². The molecule has 2 amide bonds. The molecule has 0 unspecified atom stereocenters. The predicted octanol–water partition coefficient (Wildman–Crippen LogP) is 7.11. The zero-order chi connectivity index (χ0) is 25.6. The van der Waals surface area contributed by atoms with Crippen LogP contribution in [0.3, 0.4) is 0 Å². The van der Waals surface area contributed by atoms with Gasteiger partial charge >= 0.3 is 12.4 Å². The van der Waals surface area contributed by atoms with E-state index in [4.69, 9.17) is 0 Å². The molecule has 0 bridgehead atoms. The highest BCUT2D eigenvalue weighted by atomic mass is 19.4. The van der Waals surface area contributed by atoms with Crippen LogP contribution in [-0.4, -0.2) is 41.1 Å². The second kappa shape index (κ2) is 11.0. The summed E-state index contributed by atoms with van der Waals surface area (Å²) < 4.78 is 41.5. The van der Waals surface area contributed by atoms with E-state index in [1.807, 2.05) is 42.2 Å². The van der Waals surface area contributed by atoms with Crippen LogP contribution in [0.15, 0.2) is 65.9 Å². The Morgan fingerprint density at radius 1 is 1.03 bits per heavy atom. The molecule has 0 fully saturated rings. The Labute approximate surface area is 204 Å². The highest BCUT2D eigenvalue weighted by Gasteiger charge is 2.31. The minimum Gasteiger partial charge on any atom is -0.406 e. The molecule has 2 aromatic rings. The van der Waals surface area contributed by atoms with Gasteiger partial charge in [-0.2, -0.15) is 10.1 Å². The second-order valence-electron chi connectivity index (χ2n) is 9.91. The van der Waals surface area contributed by atoms with Crippen molar-refractivity contribution in [1.82, 2.24) is 9.91 Å². The van der Waals surface area contributed by atoms with Crippen molar-refractivity contribution in [3.8, 4) is 5.75 Å². The number of urea groups is 1. The lowest BCUT2D eigenvalue weighted by molar-refractivity contribution is -0.274. The largest absolute Gasteiger partial charge is 0.573 e. The molecule has 0 N–H and O–H groups in total. The smallest absolute Gasteiger partial charge is 0.406 e. The maximum absolute atomic E-state index is 13.6. The molecule has 0 aliphatic carbocycles. The van der Waals surface area contributed by atoms with Crippen LogP contribution in [-0.2, 0) is 6.42 Å². The van der Waals surface area contributed by atoms with Gasteiger partial charge in [0.1, 0.15) is 5.75 Å². The van der Waals surface area contributed by atoms with Gasteiger partial charge in [-0.15, -0.1) is 13.2 Å². The molecule has 0 atom stereocenters. The van der Waals surface area contributed by atoms with E-state index in [0.29, 0.717) is 31.5 Å². The fourth-order valence-corrected chi connectivity index (χ4v) is 3.85. The van der Waals surface area contributed by atoms with Crippen molar-refractivity contribution in [1.29, 1.82) is 0 Å². The van der Waals surface area contributed by atoms with E-state index in [9.17, 15) is 18.0 Å².